The van der Waals surface area contributed by atoms with Crippen LogP contribution >= 0.6 is 0 Å². The zero-order valence-corrected chi connectivity index (χ0v) is 19.1. The van der Waals surface area contributed by atoms with Gasteiger partial charge >= 0.3 is 11.9 Å². The summed E-state index contributed by atoms with van der Waals surface area (Å²) >= 11 is 0. The Morgan fingerprint density at radius 2 is 1.22 bits per heavy atom. The molecule has 0 saturated heterocycles. The number of hydrogen-bond donors (Lipinski definition) is 0. The maximum atomic E-state index is 14.6. The van der Waals surface area contributed by atoms with Crippen LogP contribution < -0.4 is 9.47 Å². The molecule has 0 radical (unpaired) electrons. The van der Waals surface area contributed by atoms with Crippen LogP contribution in [-0.2, 0) is 9.59 Å². The average molecular weight is 494 g/mol. The molecule has 0 spiro atoms. The van der Waals surface area contributed by atoms with Crippen LogP contribution in [0.5, 0.6) is 11.5 Å². The topological polar surface area (TPSA) is 80.8 Å². The number of halogens is 2. The molecule has 8 heteroatoms. The van der Waals surface area contributed by atoms with Crippen molar-refractivity contribution < 1.29 is 27.8 Å². The summed E-state index contributed by atoms with van der Waals surface area (Å²) in [5, 5.41) is 8.87. The van der Waals surface area contributed by atoms with E-state index in [-0.39, 0.29) is 22.6 Å². The maximum absolute atomic E-state index is 14.6. The Kier molecular flexibility index (Phi) is 7.32. The van der Waals surface area contributed by atoms with Gasteiger partial charge in [0.25, 0.3) is 0 Å². The van der Waals surface area contributed by atoms with Gasteiger partial charge in [0, 0.05) is 23.3 Å². The lowest BCUT2D eigenvalue weighted by atomic mass is 10.0. The first kappa shape index (κ1) is 24.8. The number of nitriles is 1. The second-order valence-electron chi connectivity index (χ2n) is 7.76. The molecule has 0 fully saturated rings. The minimum absolute atomic E-state index is 0.102. The van der Waals surface area contributed by atoms with Crippen molar-refractivity contribution in [3.8, 4) is 39.8 Å². The van der Waals surface area contributed by atoms with Gasteiger partial charge in [0.15, 0.2) is 5.69 Å². The Labute approximate surface area is 210 Å². The van der Waals surface area contributed by atoms with E-state index in [0.29, 0.717) is 22.4 Å². The number of nitrogens with zero attached hydrogens (tertiary/aromatic N) is 2. The minimum atomic E-state index is -0.979. The van der Waals surface area contributed by atoms with E-state index in [1.54, 1.807) is 48.5 Å². The van der Waals surface area contributed by atoms with Gasteiger partial charge < -0.3 is 9.47 Å². The van der Waals surface area contributed by atoms with Crippen molar-refractivity contribution in [2.75, 3.05) is 0 Å². The first-order chi connectivity index (χ1) is 17.9. The van der Waals surface area contributed by atoms with Gasteiger partial charge in [-0.3, -0.25) is 9.59 Å². The van der Waals surface area contributed by atoms with Crippen molar-refractivity contribution in [2.45, 2.75) is 6.42 Å². The zero-order chi connectivity index (χ0) is 26.4. The van der Waals surface area contributed by atoms with Crippen molar-refractivity contribution in [3.05, 3.63) is 114 Å². The van der Waals surface area contributed by atoms with Crippen LogP contribution in [-0.4, -0.2) is 11.9 Å². The molecule has 0 N–H and O–H groups in total. The Balaban J connectivity index is 1.36. The van der Waals surface area contributed by atoms with Gasteiger partial charge in [-0.25, -0.2) is 13.6 Å². The molecule has 37 heavy (non-hydrogen) atoms. The predicted molar refractivity (Wildman–Crippen MR) is 131 cm³/mol. The highest BCUT2D eigenvalue weighted by Crippen LogP contribution is 2.29. The summed E-state index contributed by atoms with van der Waals surface area (Å²) < 4.78 is 39.2. The second-order valence-corrected chi connectivity index (χ2v) is 7.76. The molecule has 0 unspecified atom stereocenters. The van der Waals surface area contributed by atoms with Gasteiger partial charge in [0.2, 0.25) is 0 Å². The van der Waals surface area contributed by atoms with Crippen molar-refractivity contribution in [1.82, 2.24) is 0 Å². The van der Waals surface area contributed by atoms with E-state index in [1.807, 2.05) is 6.07 Å². The summed E-state index contributed by atoms with van der Waals surface area (Å²) in [6, 6.07) is 22.2. The third-order valence-electron chi connectivity index (χ3n) is 5.27. The number of carbonyl (C=O) groups is 2. The molecule has 0 atom stereocenters. The highest BCUT2D eigenvalue weighted by molar-refractivity contribution is 5.93. The van der Waals surface area contributed by atoms with Crippen molar-refractivity contribution in [3.63, 3.8) is 0 Å². The van der Waals surface area contributed by atoms with E-state index in [4.69, 9.17) is 21.3 Å². The molecule has 0 aromatic heterocycles. The molecule has 0 aliphatic rings. The maximum Gasteiger partial charge on any atom is 0.322 e. The summed E-state index contributed by atoms with van der Waals surface area (Å²) in [7, 11) is 0. The summed E-state index contributed by atoms with van der Waals surface area (Å²) in [5.74, 6) is -3.47. The Morgan fingerprint density at radius 1 is 0.757 bits per heavy atom. The Morgan fingerprint density at radius 3 is 1.62 bits per heavy atom. The summed E-state index contributed by atoms with van der Waals surface area (Å²) in [5.41, 5.74) is 2.44. The van der Waals surface area contributed by atoms with Gasteiger partial charge in [-0.05, 0) is 47.5 Å². The smallest absolute Gasteiger partial charge is 0.322 e. The Bertz CT molecular complexity index is 1450. The summed E-state index contributed by atoms with van der Waals surface area (Å²) in [6.45, 7) is 6.97. The molecule has 4 aromatic rings. The fourth-order valence-electron chi connectivity index (χ4n) is 3.48. The van der Waals surface area contributed by atoms with E-state index in [9.17, 15) is 18.4 Å². The summed E-state index contributed by atoms with van der Waals surface area (Å²) in [4.78, 5) is 27.6. The SMILES string of the molecule is [C-]#[N+]c1ccc(-c2ccc(OC(=O)CC(=O)Oc3ccc(-c4ccc(C#N)cc4)c(F)c3)cc2F)cc1. The van der Waals surface area contributed by atoms with E-state index < -0.39 is 30.0 Å². The van der Waals surface area contributed by atoms with Crippen LogP contribution in [0.3, 0.4) is 0 Å². The van der Waals surface area contributed by atoms with Crippen LogP contribution in [0.2, 0.25) is 0 Å². The van der Waals surface area contributed by atoms with Gasteiger partial charge in [-0.1, -0.05) is 36.4 Å². The molecular formula is C29H16F2N2O4. The fraction of sp³-hybridized carbons (Fsp3) is 0.0345. The van der Waals surface area contributed by atoms with Gasteiger partial charge in [0.05, 0.1) is 18.2 Å². The van der Waals surface area contributed by atoms with Crippen molar-refractivity contribution in [1.29, 1.82) is 5.26 Å². The monoisotopic (exact) mass is 494 g/mol. The van der Waals surface area contributed by atoms with Gasteiger partial charge in [-0.15, -0.1) is 0 Å². The first-order valence-electron chi connectivity index (χ1n) is 10.8. The minimum Gasteiger partial charge on any atom is -0.426 e. The van der Waals surface area contributed by atoms with Crippen LogP contribution in [0.15, 0.2) is 84.9 Å². The van der Waals surface area contributed by atoms with E-state index in [1.165, 1.54) is 24.3 Å². The first-order valence-corrected chi connectivity index (χ1v) is 10.8. The van der Waals surface area contributed by atoms with E-state index in [0.717, 1.165) is 12.1 Å². The molecule has 180 valence electrons. The molecule has 4 rings (SSSR count). The van der Waals surface area contributed by atoms with Crippen LogP contribution in [0.25, 0.3) is 27.1 Å². The molecule has 0 aliphatic carbocycles. The second kappa shape index (κ2) is 10.9. The quantitative estimate of drug-likeness (QED) is 0.130. The van der Waals surface area contributed by atoms with E-state index >= 15 is 0 Å². The molecule has 0 aliphatic heterocycles. The standard InChI is InChI=1S/C29H16F2N2O4/c1-33-21-8-6-20(7-9-21)25-13-11-23(15-27(25)31)37-29(35)16-28(34)36-22-10-12-24(26(30)14-22)19-4-2-18(17-32)3-5-19/h2-15H,16H2. The van der Waals surface area contributed by atoms with Crippen LogP contribution in [0, 0.1) is 29.5 Å². The number of rotatable bonds is 6. The van der Waals surface area contributed by atoms with Crippen molar-refractivity contribution in [2.24, 2.45) is 0 Å². The average Bonchev–Trinajstić information content (AvgIpc) is 2.89. The number of ether oxygens (including phenoxy) is 2. The van der Waals surface area contributed by atoms with Crippen molar-refractivity contribution >= 4 is 17.6 Å². The van der Waals surface area contributed by atoms with Gasteiger partial charge in [0.1, 0.15) is 29.6 Å². The van der Waals surface area contributed by atoms with Crippen LogP contribution in [0.1, 0.15) is 12.0 Å². The molecule has 0 amide bonds. The molecule has 4 aromatic carbocycles. The molecule has 6 nitrogen and oxygen atoms in total. The normalized spacial score (nSPS) is 10.2. The third kappa shape index (κ3) is 6.02. The highest BCUT2D eigenvalue weighted by Gasteiger charge is 2.17. The lowest BCUT2D eigenvalue weighted by molar-refractivity contribution is -0.144. The number of benzene rings is 4. The fourth-order valence-corrected chi connectivity index (χ4v) is 3.48. The van der Waals surface area contributed by atoms with Gasteiger partial charge in [-0.2, -0.15) is 5.26 Å². The highest BCUT2D eigenvalue weighted by atomic mass is 19.1. The number of hydrogen-bond acceptors (Lipinski definition) is 5. The predicted octanol–water partition coefficient (Wildman–Crippen LogP) is 6.62. The molecule has 0 saturated carbocycles. The molecular weight excluding hydrogens is 478 g/mol. The number of esters is 2. The third-order valence-corrected chi connectivity index (χ3v) is 5.27. The largest absolute Gasteiger partial charge is 0.426 e. The molecule has 0 bridgehead atoms. The zero-order valence-electron chi connectivity index (χ0n) is 19.1. The van der Waals surface area contributed by atoms with Crippen LogP contribution in [0.4, 0.5) is 14.5 Å². The Hall–Kier alpha value is -5.34. The lowest BCUT2D eigenvalue weighted by Gasteiger charge is -2.09. The lowest BCUT2D eigenvalue weighted by Crippen LogP contribution is -2.18. The summed E-state index contributed by atoms with van der Waals surface area (Å²) in [6.07, 6.45) is -0.777. The molecule has 0 heterocycles. The number of carbonyl (C=O) groups excluding carboxylic acids is 2. The van der Waals surface area contributed by atoms with E-state index in [2.05, 4.69) is 4.85 Å².